The van der Waals surface area contributed by atoms with Gasteiger partial charge in [-0.3, -0.25) is 9.78 Å². The van der Waals surface area contributed by atoms with Crippen molar-refractivity contribution in [1.29, 1.82) is 0 Å². The van der Waals surface area contributed by atoms with Crippen LogP contribution in [0.25, 0.3) is 0 Å². The molecule has 5 nitrogen and oxygen atoms in total. The van der Waals surface area contributed by atoms with Crippen LogP contribution in [-0.4, -0.2) is 33.1 Å². The molecule has 0 spiro atoms. The third-order valence-corrected chi connectivity index (χ3v) is 3.93. The van der Waals surface area contributed by atoms with Gasteiger partial charge in [0.2, 0.25) is 0 Å². The van der Waals surface area contributed by atoms with Crippen LogP contribution in [0.3, 0.4) is 0 Å². The molecule has 5 heteroatoms. The summed E-state index contributed by atoms with van der Waals surface area (Å²) in [5, 5.41) is 12.8. The standard InChI is InChI=1S/C15H23N3O2/c1-11-6-14(2,3)9-15(7-11,10-19)18-13(20)12-8-16-4-5-17-12/h4-5,8,11,19H,6-7,9-10H2,1-3H3,(H,18,20). The lowest BCUT2D eigenvalue weighted by atomic mass is 9.64. The van der Waals surface area contributed by atoms with E-state index >= 15 is 0 Å². The normalized spacial score (nSPS) is 28.9. The molecule has 1 aromatic rings. The number of carbonyl (C=O) groups is 1. The molecule has 1 aromatic heterocycles. The summed E-state index contributed by atoms with van der Waals surface area (Å²) in [5.74, 6) is 0.199. The minimum Gasteiger partial charge on any atom is -0.394 e. The second-order valence-electron chi connectivity index (χ2n) is 6.84. The second kappa shape index (κ2) is 5.48. The van der Waals surface area contributed by atoms with Gasteiger partial charge in [-0.1, -0.05) is 20.8 Å². The highest BCUT2D eigenvalue weighted by Gasteiger charge is 2.43. The zero-order valence-corrected chi connectivity index (χ0v) is 12.4. The summed E-state index contributed by atoms with van der Waals surface area (Å²) in [4.78, 5) is 20.2. The Kier molecular flexibility index (Phi) is 4.09. The molecular formula is C15H23N3O2. The first-order valence-electron chi connectivity index (χ1n) is 7.05. The van der Waals surface area contributed by atoms with Gasteiger partial charge in [-0.15, -0.1) is 0 Å². The predicted octanol–water partition coefficient (Wildman–Crippen LogP) is 1.78. The van der Waals surface area contributed by atoms with Crippen LogP contribution in [-0.2, 0) is 0 Å². The third kappa shape index (κ3) is 3.33. The molecule has 1 aliphatic rings. The fourth-order valence-corrected chi connectivity index (χ4v) is 3.72. The molecule has 0 aliphatic heterocycles. The maximum absolute atomic E-state index is 12.3. The Balaban J connectivity index is 2.17. The van der Waals surface area contributed by atoms with E-state index in [0.29, 0.717) is 5.92 Å². The number of aliphatic hydroxyl groups excluding tert-OH is 1. The van der Waals surface area contributed by atoms with Crippen molar-refractivity contribution < 1.29 is 9.90 Å². The fourth-order valence-electron chi connectivity index (χ4n) is 3.72. The molecule has 2 rings (SSSR count). The molecule has 1 saturated carbocycles. The topological polar surface area (TPSA) is 75.1 Å². The van der Waals surface area contributed by atoms with Crippen molar-refractivity contribution in [1.82, 2.24) is 15.3 Å². The van der Waals surface area contributed by atoms with Crippen LogP contribution in [0.1, 0.15) is 50.5 Å². The number of hydrogen-bond donors (Lipinski definition) is 2. The van der Waals surface area contributed by atoms with Crippen LogP contribution in [0.4, 0.5) is 0 Å². The van der Waals surface area contributed by atoms with Crippen molar-refractivity contribution >= 4 is 5.91 Å². The van der Waals surface area contributed by atoms with E-state index in [1.807, 2.05) is 0 Å². The smallest absolute Gasteiger partial charge is 0.271 e. The highest BCUT2D eigenvalue weighted by Crippen LogP contribution is 2.43. The van der Waals surface area contributed by atoms with Gasteiger partial charge in [-0.25, -0.2) is 4.98 Å². The molecule has 110 valence electrons. The molecule has 0 bridgehead atoms. The van der Waals surface area contributed by atoms with Crippen molar-refractivity contribution in [2.45, 2.75) is 45.6 Å². The van der Waals surface area contributed by atoms with E-state index in [1.54, 1.807) is 0 Å². The number of aromatic nitrogens is 2. The lowest BCUT2D eigenvalue weighted by Gasteiger charge is -2.47. The Bertz CT molecular complexity index is 475. The summed E-state index contributed by atoms with van der Waals surface area (Å²) < 4.78 is 0. The molecule has 20 heavy (non-hydrogen) atoms. The molecule has 2 N–H and O–H groups in total. The second-order valence-corrected chi connectivity index (χ2v) is 6.84. The molecule has 1 heterocycles. The Morgan fingerprint density at radius 1 is 1.45 bits per heavy atom. The SMILES string of the molecule is CC1CC(C)(C)CC(CO)(NC(=O)c2cnccn2)C1. The lowest BCUT2D eigenvalue weighted by molar-refractivity contribution is 0.0332. The summed E-state index contributed by atoms with van der Waals surface area (Å²) in [6.07, 6.45) is 7.14. The first-order valence-corrected chi connectivity index (χ1v) is 7.05. The van der Waals surface area contributed by atoms with E-state index in [0.717, 1.165) is 19.3 Å². The van der Waals surface area contributed by atoms with Gasteiger partial charge in [-0.2, -0.15) is 0 Å². The number of carbonyl (C=O) groups excluding carboxylic acids is 1. The zero-order chi connectivity index (χ0) is 14.8. The number of nitrogens with one attached hydrogen (secondary N) is 1. The fraction of sp³-hybridized carbons (Fsp3) is 0.667. The average molecular weight is 277 g/mol. The summed E-state index contributed by atoms with van der Waals surface area (Å²) in [6.45, 7) is 6.48. The Hall–Kier alpha value is -1.49. The molecule has 0 aromatic carbocycles. The lowest BCUT2D eigenvalue weighted by Crippen LogP contribution is -2.57. The van der Waals surface area contributed by atoms with Gasteiger partial charge in [-0.05, 0) is 30.6 Å². The first-order chi connectivity index (χ1) is 9.36. The zero-order valence-electron chi connectivity index (χ0n) is 12.4. The van der Waals surface area contributed by atoms with Crippen LogP contribution in [0.5, 0.6) is 0 Å². The Morgan fingerprint density at radius 2 is 2.20 bits per heavy atom. The molecule has 1 fully saturated rings. The number of hydrogen-bond acceptors (Lipinski definition) is 4. The van der Waals surface area contributed by atoms with E-state index in [4.69, 9.17) is 0 Å². The molecule has 0 saturated heterocycles. The minimum atomic E-state index is -0.560. The average Bonchev–Trinajstić information content (AvgIpc) is 2.37. The van der Waals surface area contributed by atoms with Crippen LogP contribution in [0.2, 0.25) is 0 Å². The van der Waals surface area contributed by atoms with E-state index in [-0.39, 0.29) is 23.6 Å². The number of amides is 1. The number of nitrogens with zero attached hydrogens (tertiary/aromatic N) is 2. The summed E-state index contributed by atoms with van der Waals surface area (Å²) >= 11 is 0. The summed E-state index contributed by atoms with van der Waals surface area (Å²) in [6, 6.07) is 0. The molecular weight excluding hydrogens is 254 g/mol. The molecule has 2 atom stereocenters. The van der Waals surface area contributed by atoms with Gasteiger partial charge in [0.15, 0.2) is 0 Å². The van der Waals surface area contributed by atoms with Crippen molar-refractivity contribution in [3.8, 4) is 0 Å². The van der Waals surface area contributed by atoms with Crippen LogP contribution in [0.15, 0.2) is 18.6 Å². The van der Waals surface area contributed by atoms with Gasteiger partial charge in [0.05, 0.1) is 18.3 Å². The van der Waals surface area contributed by atoms with E-state index in [1.165, 1.54) is 18.6 Å². The summed E-state index contributed by atoms with van der Waals surface area (Å²) in [7, 11) is 0. The summed E-state index contributed by atoms with van der Waals surface area (Å²) in [5.41, 5.74) is -0.164. The van der Waals surface area contributed by atoms with Crippen LogP contribution in [0, 0.1) is 11.3 Å². The monoisotopic (exact) mass is 277 g/mol. The third-order valence-electron chi connectivity index (χ3n) is 3.93. The van der Waals surface area contributed by atoms with E-state index < -0.39 is 5.54 Å². The first kappa shape index (κ1) is 14.9. The number of aliphatic hydroxyl groups is 1. The van der Waals surface area contributed by atoms with Crippen molar-refractivity contribution in [3.05, 3.63) is 24.3 Å². The minimum absolute atomic E-state index is 0.0488. The molecule has 0 radical (unpaired) electrons. The Labute approximate surface area is 119 Å². The van der Waals surface area contributed by atoms with E-state index in [9.17, 15) is 9.90 Å². The van der Waals surface area contributed by atoms with Gasteiger partial charge in [0.25, 0.3) is 5.91 Å². The van der Waals surface area contributed by atoms with Gasteiger partial charge in [0, 0.05) is 12.4 Å². The Morgan fingerprint density at radius 3 is 2.75 bits per heavy atom. The highest BCUT2D eigenvalue weighted by molar-refractivity contribution is 5.92. The maximum Gasteiger partial charge on any atom is 0.271 e. The molecule has 1 amide bonds. The van der Waals surface area contributed by atoms with Crippen molar-refractivity contribution in [3.63, 3.8) is 0 Å². The quantitative estimate of drug-likeness (QED) is 0.883. The largest absolute Gasteiger partial charge is 0.394 e. The van der Waals surface area contributed by atoms with E-state index in [2.05, 4.69) is 36.1 Å². The van der Waals surface area contributed by atoms with Gasteiger partial charge in [0.1, 0.15) is 5.69 Å². The van der Waals surface area contributed by atoms with Gasteiger partial charge < -0.3 is 10.4 Å². The number of rotatable bonds is 3. The molecule has 2 unspecified atom stereocenters. The predicted molar refractivity (Wildman–Crippen MR) is 76.1 cm³/mol. The molecule has 1 aliphatic carbocycles. The van der Waals surface area contributed by atoms with Crippen LogP contribution < -0.4 is 5.32 Å². The maximum atomic E-state index is 12.3. The van der Waals surface area contributed by atoms with Crippen LogP contribution >= 0.6 is 0 Å². The highest BCUT2D eigenvalue weighted by atomic mass is 16.3. The van der Waals surface area contributed by atoms with Gasteiger partial charge >= 0.3 is 0 Å². The van der Waals surface area contributed by atoms with Crippen molar-refractivity contribution in [2.24, 2.45) is 11.3 Å². The van der Waals surface area contributed by atoms with Crippen molar-refractivity contribution in [2.75, 3.05) is 6.61 Å².